The summed E-state index contributed by atoms with van der Waals surface area (Å²) in [6, 6.07) is 5.26. The molecule has 0 radical (unpaired) electrons. The van der Waals surface area contributed by atoms with Crippen molar-refractivity contribution in [3.63, 3.8) is 0 Å². The average Bonchev–Trinajstić information content (AvgIpc) is 3.29. The van der Waals surface area contributed by atoms with Gasteiger partial charge in [0.25, 0.3) is 0 Å². The van der Waals surface area contributed by atoms with Crippen molar-refractivity contribution in [3.05, 3.63) is 28.9 Å². The van der Waals surface area contributed by atoms with E-state index in [1.54, 1.807) is 18.2 Å². The normalized spacial score (nSPS) is 19.2. The number of amides is 1. The fourth-order valence-corrected chi connectivity index (χ4v) is 4.07. The number of halogens is 1. The van der Waals surface area contributed by atoms with Crippen LogP contribution in [0.25, 0.3) is 10.9 Å². The van der Waals surface area contributed by atoms with Gasteiger partial charge in [-0.05, 0) is 12.1 Å². The standard InChI is InChI=1S/C19H22ClN3O5/c1-26-18(25)17-16(15-12(20)3-2-4-13(15)21-17)22-14(24)11-23-7-5-19(6-8-23)27-9-10-28-19/h2-4,21H,5-11H2,1H3,(H,22,24). The van der Waals surface area contributed by atoms with Crippen molar-refractivity contribution in [3.8, 4) is 0 Å². The lowest BCUT2D eigenvalue weighted by atomic mass is 10.0. The van der Waals surface area contributed by atoms with Crippen molar-refractivity contribution in [1.82, 2.24) is 9.88 Å². The van der Waals surface area contributed by atoms with Gasteiger partial charge in [0.1, 0.15) is 5.69 Å². The smallest absolute Gasteiger partial charge is 0.356 e. The Labute approximate surface area is 167 Å². The Morgan fingerprint density at radius 1 is 1.29 bits per heavy atom. The third kappa shape index (κ3) is 3.60. The average molecular weight is 408 g/mol. The van der Waals surface area contributed by atoms with E-state index in [4.69, 9.17) is 25.8 Å². The Kier molecular flexibility index (Phi) is 5.29. The molecule has 8 nitrogen and oxygen atoms in total. The van der Waals surface area contributed by atoms with Gasteiger partial charge in [-0.25, -0.2) is 4.79 Å². The summed E-state index contributed by atoms with van der Waals surface area (Å²) in [4.78, 5) is 29.8. The summed E-state index contributed by atoms with van der Waals surface area (Å²) < 4.78 is 16.3. The number of carbonyl (C=O) groups is 2. The number of benzene rings is 1. The molecule has 9 heteroatoms. The number of fused-ring (bicyclic) bond motifs is 1. The van der Waals surface area contributed by atoms with Gasteiger partial charge in [-0.3, -0.25) is 9.69 Å². The quantitative estimate of drug-likeness (QED) is 0.756. The number of rotatable bonds is 4. The van der Waals surface area contributed by atoms with Crippen LogP contribution in [-0.4, -0.2) is 67.5 Å². The Hall–Kier alpha value is -2.13. The molecule has 2 aliphatic heterocycles. The molecule has 2 aliphatic rings. The van der Waals surface area contributed by atoms with Gasteiger partial charge in [0.05, 0.1) is 37.6 Å². The molecule has 1 amide bonds. The van der Waals surface area contributed by atoms with E-state index in [0.29, 0.717) is 47.9 Å². The molecule has 0 aliphatic carbocycles. The van der Waals surface area contributed by atoms with E-state index in [0.717, 1.165) is 12.8 Å². The van der Waals surface area contributed by atoms with Gasteiger partial charge in [-0.2, -0.15) is 0 Å². The van der Waals surface area contributed by atoms with Crippen molar-refractivity contribution in [1.29, 1.82) is 0 Å². The van der Waals surface area contributed by atoms with Gasteiger partial charge in [-0.15, -0.1) is 0 Å². The number of hydrogen-bond acceptors (Lipinski definition) is 6. The van der Waals surface area contributed by atoms with E-state index in [-0.39, 0.29) is 18.1 Å². The number of esters is 1. The van der Waals surface area contributed by atoms with Crippen LogP contribution in [0.15, 0.2) is 18.2 Å². The maximum Gasteiger partial charge on any atom is 0.356 e. The number of aromatic nitrogens is 1. The second-order valence-corrected chi connectivity index (χ2v) is 7.37. The van der Waals surface area contributed by atoms with Crippen molar-refractivity contribution in [2.75, 3.05) is 45.3 Å². The molecule has 4 rings (SSSR count). The summed E-state index contributed by atoms with van der Waals surface area (Å²) in [5.41, 5.74) is 1.16. The fourth-order valence-electron chi connectivity index (χ4n) is 3.80. The van der Waals surface area contributed by atoms with Crippen LogP contribution < -0.4 is 5.32 Å². The summed E-state index contributed by atoms with van der Waals surface area (Å²) in [6.45, 7) is 2.85. The highest BCUT2D eigenvalue weighted by Crippen LogP contribution is 2.34. The van der Waals surface area contributed by atoms with E-state index in [1.807, 2.05) is 4.90 Å². The molecule has 0 bridgehead atoms. The number of ether oxygens (including phenoxy) is 3. The van der Waals surface area contributed by atoms with E-state index < -0.39 is 11.8 Å². The number of hydrogen-bond donors (Lipinski definition) is 2. The number of carbonyl (C=O) groups excluding carboxylic acids is 2. The minimum atomic E-state index is -0.571. The lowest BCUT2D eigenvalue weighted by Crippen LogP contribution is -2.47. The number of methoxy groups -OCH3 is 1. The first-order chi connectivity index (χ1) is 13.5. The third-order valence-electron chi connectivity index (χ3n) is 5.23. The fraction of sp³-hybridized carbons (Fsp3) is 0.474. The summed E-state index contributed by atoms with van der Waals surface area (Å²) in [6.07, 6.45) is 1.46. The highest BCUT2D eigenvalue weighted by molar-refractivity contribution is 6.37. The van der Waals surface area contributed by atoms with Crippen LogP contribution in [-0.2, 0) is 19.0 Å². The second kappa shape index (κ2) is 7.71. The molecule has 150 valence electrons. The maximum atomic E-state index is 12.7. The first kappa shape index (κ1) is 19.2. The number of piperidine rings is 1. The van der Waals surface area contributed by atoms with Crippen LogP contribution in [0.1, 0.15) is 23.3 Å². The number of H-pyrrole nitrogens is 1. The topological polar surface area (TPSA) is 92.9 Å². The molecule has 1 aromatic carbocycles. The third-order valence-corrected chi connectivity index (χ3v) is 5.54. The Morgan fingerprint density at radius 2 is 2.00 bits per heavy atom. The van der Waals surface area contributed by atoms with Gasteiger partial charge in [0.15, 0.2) is 5.79 Å². The Morgan fingerprint density at radius 3 is 2.68 bits per heavy atom. The minimum absolute atomic E-state index is 0.171. The summed E-state index contributed by atoms with van der Waals surface area (Å²) in [5, 5.41) is 3.86. The van der Waals surface area contributed by atoms with E-state index in [1.165, 1.54) is 7.11 Å². The molecule has 2 N–H and O–H groups in total. The lowest BCUT2D eigenvalue weighted by Gasteiger charge is -2.37. The molecule has 0 atom stereocenters. The molecule has 2 fully saturated rings. The molecule has 3 heterocycles. The lowest BCUT2D eigenvalue weighted by molar-refractivity contribution is -0.185. The summed E-state index contributed by atoms with van der Waals surface area (Å²) in [7, 11) is 1.29. The largest absolute Gasteiger partial charge is 0.464 e. The van der Waals surface area contributed by atoms with Crippen molar-refractivity contribution in [2.45, 2.75) is 18.6 Å². The zero-order chi connectivity index (χ0) is 19.7. The van der Waals surface area contributed by atoms with Gasteiger partial charge >= 0.3 is 5.97 Å². The SMILES string of the molecule is COC(=O)c1[nH]c2cccc(Cl)c2c1NC(=O)CN1CCC2(CC1)OCCO2. The molecule has 1 spiro atoms. The molecule has 2 saturated heterocycles. The summed E-state index contributed by atoms with van der Waals surface area (Å²) >= 11 is 6.31. The number of aromatic amines is 1. The van der Waals surface area contributed by atoms with E-state index in [2.05, 4.69) is 10.3 Å². The van der Waals surface area contributed by atoms with Crippen LogP contribution in [0, 0.1) is 0 Å². The number of likely N-dealkylation sites (tertiary alicyclic amines) is 1. The van der Waals surface area contributed by atoms with Crippen LogP contribution in [0.2, 0.25) is 5.02 Å². The zero-order valence-corrected chi connectivity index (χ0v) is 16.3. The predicted molar refractivity (Wildman–Crippen MR) is 104 cm³/mol. The highest BCUT2D eigenvalue weighted by Gasteiger charge is 2.40. The molecular formula is C19H22ClN3O5. The van der Waals surface area contributed by atoms with Crippen LogP contribution in [0.5, 0.6) is 0 Å². The molecule has 0 saturated carbocycles. The molecule has 28 heavy (non-hydrogen) atoms. The van der Waals surface area contributed by atoms with E-state index in [9.17, 15) is 9.59 Å². The molecule has 1 aromatic heterocycles. The van der Waals surface area contributed by atoms with Crippen molar-refractivity contribution in [2.24, 2.45) is 0 Å². The van der Waals surface area contributed by atoms with Gasteiger partial charge in [0.2, 0.25) is 5.91 Å². The predicted octanol–water partition coefficient (Wildman–Crippen LogP) is 2.39. The first-order valence-corrected chi connectivity index (χ1v) is 9.58. The van der Waals surface area contributed by atoms with Crippen molar-refractivity contribution < 1.29 is 23.8 Å². The molecule has 0 unspecified atom stereocenters. The second-order valence-electron chi connectivity index (χ2n) is 6.96. The van der Waals surface area contributed by atoms with Crippen LogP contribution in [0.4, 0.5) is 5.69 Å². The summed E-state index contributed by atoms with van der Waals surface area (Å²) in [5.74, 6) is -1.27. The highest BCUT2D eigenvalue weighted by atomic mass is 35.5. The monoisotopic (exact) mass is 407 g/mol. The number of nitrogens with one attached hydrogen (secondary N) is 2. The van der Waals surface area contributed by atoms with Gasteiger partial charge in [0, 0.05) is 36.8 Å². The van der Waals surface area contributed by atoms with Gasteiger partial charge in [-0.1, -0.05) is 17.7 Å². The minimum Gasteiger partial charge on any atom is -0.464 e. The Balaban J connectivity index is 1.48. The molecule has 2 aromatic rings. The Bertz CT molecular complexity index is 896. The van der Waals surface area contributed by atoms with Gasteiger partial charge < -0.3 is 24.5 Å². The zero-order valence-electron chi connectivity index (χ0n) is 15.5. The maximum absolute atomic E-state index is 12.7. The van der Waals surface area contributed by atoms with Crippen LogP contribution >= 0.6 is 11.6 Å². The first-order valence-electron chi connectivity index (χ1n) is 9.20. The molecular weight excluding hydrogens is 386 g/mol. The van der Waals surface area contributed by atoms with Crippen LogP contribution in [0.3, 0.4) is 0 Å². The number of anilines is 1. The van der Waals surface area contributed by atoms with Crippen molar-refractivity contribution >= 4 is 40.1 Å². The van der Waals surface area contributed by atoms with E-state index >= 15 is 0 Å². The number of nitrogens with zero attached hydrogens (tertiary/aromatic N) is 1.